The maximum atomic E-state index is 12.8. The first-order chi connectivity index (χ1) is 11.7. The van der Waals surface area contributed by atoms with Gasteiger partial charge in [0.2, 0.25) is 12.7 Å². The molecule has 0 aliphatic carbocycles. The number of nitrogens with one attached hydrogen (secondary N) is 1. The Bertz CT molecular complexity index is 700. The summed E-state index contributed by atoms with van der Waals surface area (Å²) in [4.78, 5) is 11.9. The van der Waals surface area contributed by atoms with E-state index in [0.717, 1.165) is 35.5 Å². The number of carbonyl (C=O) groups is 1. The fourth-order valence-electron chi connectivity index (χ4n) is 2.61. The van der Waals surface area contributed by atoms with Crippen LogP contribution in [0.5, 0.6) is 11.5 Å². The van der Waals surface area contributed by atoms with Crippen molar-refractivity contribution >= 4 is 5.91 Å². The average Bonchev–Trinajstić information content (AvgIpc) is 3.06. The van der Waals surface area contributed by atoms with E-state index in [4.69, 9.17) is 9.47 Å². The molecule has 126 valence electrons. The molecule has 1 amide bonds. The standard InChI is InChI=1S/C19H20FNO3/c20-16-7-3-14(4-8-16)2-1-11-21-19(22)10-6-15-5-9-17-18(12-15)24-13-23-17/h3-5,7-9,12H,1-2,6,10-11,13H2,(H,21,22). The molecule has 0 spiro atoms. The number of aryl methyl sites for hydroxylation is 2. The summed E-state index contributed by atoms with van der Waals surface area (Å²) in [6.45, 7) is 0.880. The monoisotopic (exact) mass is 329 g/mol. The van der Waals surface area contributed by atoms with E-state index in [1.165, 1.54) is 12.1 Å². The second kappa shape index (κ2) is 7.81. The molecular weight excluding hydrogens is 309 g/mol. The smallest absolute Gasteiger partial charge is 0.231 e. The Morgan fingerprint density at radius 3 is 2.58 bits per heavy atom. The Hall–Kier alpha value is -2.56. The summed E-state index contributed by atoms with van der Waals surface area (Å²) >= 11 is 0. The normalized spacial score (nSPS) is 12.2. The highest BCUT2D eigenvalue weighted by Crippen LogP contribution is 2.32. The molecule has 0 saturated heterocycles. The van der Waals surface area contributed by atoms with Crippen LogP contribution in [0.4, 0.5) is 4.39 Å². The number of hydrogen-bond acceptors (Lipinski definition) is 3. The molecule has 4 nitrogen and oxygen atoms in total. The van der Waals surface area contributed by atoms with Crippen LogP contribution in [0.25, 0.3) is 0 Å². The number of amides is 1. The zero-order valence-electron chi connectivity index (χ0n) is 13.4. The van der Waals surface area contributed by atoms with Crippen LogP contribution in [-0.2, 0) is 17.6 Å². The van der Waals surface area contributed by atoms with Crippen molar-refractivity contribution in [1.29, 1.82) is 0 Å². The molecule has 3 rings (SSSR count). The molecule has 1 aliphatic rings. The lowest BCUT2D eigenvalue weighted by atomic mass is 10.1. The Kier molecular flexibility index (Phi) is 5.31. The van der Waals surface area contributed by atoms with Crippen LogP contribution >= 0.6 is 0 Å². The van der Waals surface area contributed by atoms with Gasteiger partial charge >= 0.3 is 0 Å². The predicted molar refractivity (Wildman–Crippen MR) is 88.6 cm³/mol. The Labute approximate surface area is 140 Å². The Morgan fingerprint density at radius 2 is 1.75 bits per heavy atom. The van der Waals surface area contributed by atoms with E-state index in [9.17, 15) is 9.18 Å². The van der Waals surface area contributed by atoms with Gasteiger partial charge in [0.15, 0.2) is 11.5 Å². The number of ether oxygens (including phenoxy) is 2. The third kappa shape index (κ3) is 4.47. The van der Waals surface area contributed by atoms with E-state index < -0.39 is 0 Å². The Balaban J connectivity index is 1.34. The second-order valence-corrected chi connectivity index (χ2v) is 5.77. The van der Waals surface area contributed by atoms with Crippen molar-refractivity contribution in [2.24, 2.45) is 0 Å². The molecule has 0 unspecified atom stereocenters. The van der Waals surface area contributed by atoms with Gasteiger partial charge in [0.1, 0.15) is 5.82 Å². The van der Waals surface area contributed by atoms with Gasteiger partial charge in [0, 0.05) is 13.0 Å². The molecule has 2 aromatic rings. The van der Waals surface area contributed by atoms with E-state index in [1.54, 1.807) is 12.1 Å². The summed E-state index contributed by atoms with van der Waals surface area (Å²) in [6, 6.07) is 12.2. The molecule has 0 saturated carbocycles. The molecular formula is C19H20FNO3. The van der Waals surface area contributed by atoms with Gasteiger partial charge in [-0.3, -0.25) is 4.79 Å². The quantitative estimate of drug-likeness (QED) is 0.793. The number of benzene rings is 2. The van der Waals surface area contributed by atoms with Crippen molar-refractivity contribution < 1.29 is 18.7 Å². The van der Waals surface area contributed by atoms with Gasteiger partial charge in [-0.05, 0) is 54.7 Å². The number of fused-ring (bicyclic) bond motifs is 1. The van der Waals surface area contributed by atoms with Crippen molar-refractivity contribution in [2.45, 2.75) is 25.7 Å². The first-order valence-electron chi connectivity index (χ1n) is 8.10. The van der Waals surface area contributed by atoms with Crippen LogP contribution in [0.2, 0.25) is 0 Å². The van der Waals surface area contributed by atoms with Crippen LogP contribution in [-0.4, -0.2) is 19.2 Å². The summed E-state index contributed by atoms with van der Waals surface area (Å²) in [7, 11) is 0. The maximum Gasteiger partial charge on any atom is 0.231 e. The highest BCUT2D eigenvalue weighted by Gasteiger charge is 2.13. The minimum absolute atomic E-state index is 0.0340. The van der Waals surface area contributed by atoms with Gasteiger partial charge in [-0.2, -0.15) is 0 Å². The first kappa shape index (κ1) is 16.3. The molecule has 2 aromatic carbocycles. The largest absolute Gasteiger partial charge is 0.454 e. The zero-order chi connectivity index (χ0) is 16.8. The first-order valence-corrected chi connectivity index (χ1v) is 8.10. The van der Waals surface area contributed by atoms with E-state index in [1.807, 2.05) is 18.2 Å². The van der Waals surface area contributed by atoms with Gasteiger partial charge in [0.05, 0.1) is 0 Å². The topological polar surface area (TPSA) is 47.6 Å². The fourth-order valence-corrected chi connectivity index (χ4v) is 2.61. The van der Waals surface area contributed by atoms with Crippen molar-refractivity contribution in [3.05, 3.63) is 59.4 Å². The number of carbonyl (C=O) groups excluding carboxylic acids is 1. The third-order valence-electron chi connectivity index (χ3n) is 3.96. The average molecular weight is 329 g/mol. The van der Waals surface area contributed by atoms with Gasteiger partial charge in [0.25, 0.3) is 0 Å². The summed E-state index contributed by atoms with van der Waals surface area (Å²) in [6.07, 6.45) is 2.76. The summed E-state index contributed by atoms with van der Waals surface area (Å²) in [5.74, 6) is 1.30. The third-order valence-corrected chi connectivity index (χ3v) is 3.96. The lowest BCUT2D eigenvalue weighted by molar-refractivity contribution is -0.121. The molecule has 0 bridgehead atoms. The van der Waals surface area contributed by atoms with E-state index in [0.29, 0.717) is 19.4 Å². The number of hydrogen-bond donors (Lipinski definition) is 1. The minimum Gasteiger partial charge on any atom is -0.454 e. The molecule has 0 radical (unpaired) electrons. The van der Waals surface area contributed by atoms with Crippen LogP contribution < -0.4 is 14.8 Å². The van der Waals surface area contributed by atoms with Crippen molar-refractivity contribution in [1.82, 2.24) is 5.32 Å². The van der Waals surface area contributed by atoms with Crippen LogP contribution in [0.1, 0.15) is 24.0 Å². The predicted octanol–water partition coefficient (Wildman–Crippen LogP) is 3.24. The molecule has 1 N–H and O–H groups in total. The van der Waals surface area contributed by atoms with Gasteiger partial charge < -0.3 is 14.8 Å². The molecule has 1 aliphatic heterocycles. The highest BCUT2D eigenvalue weighted by atomic mass is 19.1. The highest BCUT2D eigenvalue weighted by molar-refractivity contribution is 5.76. The van der Waals surface area contributed by atoms with Crippen molar-refractivity contribution in [3.63, 3.8) is 0 Å². The van der Waals surface area contributed by atoms with Crippen LogP contribution in [0.15, 0.2) is 42.5 Å². The molecule has 5 heteroatoms. The van der Waals surface area contributed by atoms with Crippen molar-refractivity contribution in [2.75, 3.05) is 13.3 Å². The van der Waals surface area contributed by atoms with Gasteiger partial charge in [-0.25, -0.2) is 4.39 Å². The maximum absolute atomic E-state index is 12.8. The fraction of sp³-hybridized carbons (Fsp3) is 0.316. The number of halogens is 1. The van der Waals surface area contributed by atoms with Crippen molar-refractivity contribution in [3.8, 4) is 11.5 Å². The van der Waals surface area contributed by atoms with Crippen LogP contribution in [0, 0.1) is 5.82 Å². The number of rotatable bonds is 7. The van der Waals surface area contributed by atoms with Gasteiger partial charge in [-0.15, -0.1) is 0 Å². The molecule has 1 heterocycles. The van der Waals surface area contributed by atoms with E-state index in [2.05, 4.69) is 5.32 Å². The van der Waals surface area contributed by atoms with E-state index >= 15 is 0 Å². The summed E-state index contributed by atoms with van der Waals surface area (Å²) in [5.41, 5.74) is 2.13. The Morgan fingerprint density at radius 1 is 1.00 bits per heavy atom. The summed E-state index contributed by atoms with van der Waals surface area (Å²) in [5, 5.41) is 2.92. The molecule has 24 heavy (non-hydrogen) atoms. The van der Waals surface area contributed by atoms with Gasteiger partial charge in [-0.1, -0.05) is 18.2 Å². The SMILES string of the molecule is O=C(CCc1ccc2c(c1)OCO2)NCCCc1ccc(F)cc1. The van der Waals surface area contributed by atoms with Crippen LogP contribution in [0.3, 0.4) is 0 Å². The molecule has 0 fully saturated rings. The second-order valence-electron chi connectivity index (χ2n) is 5.77. The zero-order valence-corrected chi connectivity index (χ0v) is 13.4. The molecule has 0 atom stereocenters. The lowest BCUT2D eigenvalue weighted by Gasteiger charge is -2.06. The van der Waals surface area contributed by atoms with E-state index in [-0.39, 0.29) is 18.5 Å². The lowest BCUT2D eigenvalue weighted by Crippen LogP contribution is -2.24. The minimum atomic E-state index is -0.226. The summed E-state index contributed by atoms with van der Waals surface area (Å²) < 4.78 is 23.4. The molecule has 0 aromatic heterocycles.